The fourth-order valence-corrected chi connectivity index (χ4v) is 4.59. The van der Waals surface area contributed by atoms with Crippen molar-refractivity contribution in [3.8, 4) is 0 Å². The fourth-order valence-electron chi connectivity index (χ4n) is 4.59. The number of piperidine rings is 2. The van der Waals surface area contributed by atoms with Gasteiger partial charge in [0.2, 0.25) is 0 Å². The van der Waals surface area contributed by atoms with Crippen LogP contribution < -0.4 is 5.32 Å². The Morgan fingerprint density at radius 3 is 2.41 bits per heavy atom. The van der Waals surface area contributed by atoms with Crippen molar-refractivity contribution in [3.63, 3.8) is 0 Å². The molecule has 2 saturated heterocycles. The molecule has 1 aromatic rings. The Morgan fingerprint density at radius 2 is 1.75 bits per heavy atom. The Kier molecular flexibility index (Phi) is 12.9. The van der Waals surface area contributed by atoms with E-state index in [0.29, 0.717) is 12.1 Å². The molecular weight excluding hydrogens is 515 g/mol. The summed E-state index contributed by atoms with van der Waals surface area (Å²) < 4.78 is 11.1. The molecule has 6 nitrogen and oxygen atoms in total. The second-order valence-corrected chi connectivity index (χ2v) is 8.94. The minimum absolute atomic E-state index is 0. The molecule has 1 unspecified atom stereocenters. The highest BCUT2D eigenvalue weighted by Crippen LogP contribution is 2.19. The van der Waals surface area contributed by atoms with Gasteiger partial charge in [-0.05, 0) is 56.7 Å². The van der Waals surface area contributed by atoms with Crippen LogP contribution >= 0.6 is 24.0 Å². The van der Waals surface area contributed by atoms with E-state index in [1.165, 1.54) is 36.9 Å². The van der Waals surface area contributed by atoms with Crippen molar-refractivity contribution in [2.24, 2.45) is 4.99 Å². The van der Waals surface area contributed by atoms with E-state index in [9.17, 15) is 0 Å². The minimum atomic E-state index is 0. The monoisotopic (exact) mass is 558 g/mol. The van der Waals surface area contributed by atoms with E-state index in [1.54, 1.807) is 7.11 Å². The highest BCUT2D eigenvalue weighted by Gasteiger charge is 2.22. The van der Waals surface area contributed by atoms with E-state index >= 15 is 0 Å². The number of methoxy groups -OCH3 is 1. The van der Waals surface area contributed by atoms with Crippen molar-refractivity contribution in [3.05, 3.63) is 35.4 Å². The van der Waals surface area contributed by atoms with Gasteiger partial charge in [0.05, 0.1) is 6.10 Å². The number of guanidine groups is 1. The molecule has 2 aliphatic rings. The number of hydrogen-bond donors (Lipinski definition) is 1. The molecule has 1 N–H and O–H groups in total. The third-order valence-corrected chi connectivity index (χ3v) is 6.60. The number of hydrogen-bond acceptors (Lipinski definition) is 4. The number of benzene rings is 1. The predicted molar refractivity (Wildman–Crippen MR) is 143 cm³/mol. The molecule has 0 spiro atoms. The van der Waals surface area contributed by atoms with E-state index in [-0.39, 0.29) is 24.0 Å². The van der Waals surface area contributed by atoms with Gasteiger partial charge < -0.3 is 19.7 Å². The molecule has 0 radical (unpaired) electrons. The molecule has 0 aromatic heterocycles. The topological polar surface area (TPSA) is 49.3 Å². The summed E-state index contributed by atoms with van der Waals surface area (Å²) in [6.07, 6.45) is 7.48. The lowest BCUT2D eigenvalue weighted by molar-refractivity contribution is 0.00989. The molecule has 0 amide bonds. The Balaban J connectivity index is 0.00000363. The highest BCUT2D eigenvalue weighted by molar-refractivity contribution is 14.0. The number of nitrogens with one attached hydrogen (secondary N) is 1. The van der Waals surface area contributed by atoms with Crippen LogP contribution in [0.3, 0.4) is 0 Å². The Labute approximate surface area is 212 Å². The molecule has 32 heavy (non-hydrogen) atoms. The molecule has 3 rings (SSSR count). The summed E-state index contributed by atoms with van der Waals surface area (Å²) in [5.74, 6) is 0.990. The Hall–Kier alpha value is -0.900. The van der Waals surface area contributed by atoms with E-state index in [4.69, 9.17) is 9.47 Å². The molecular formula is C25H43IN4O2. The lowest BCUT2D eigenvalue weighted by atomic mass is 10.0. The predicted octanol–water partition coefficient (Wildman–Crippen LogP) is 4.27. The van der Waals surface area contributed by atoms with Gasteiger partial charge in [0.1, 0.15) is 0 Å². The molecule has 7 heteroatoms. The zero-order chi connectivity index (χ0) is 21.9. The number of halogens is 1. The summed E-state index contributed by atoms with van der Waals surface area (Å²) in [6.45, 7) is 9.00. The normalized spacial score (nSPS) is 20.8. The highest BCUT2D eigenvalue weighted by atomic mass is 127. The van der Waals surface area contributed by atoms with Gasteiger partial charge in [-0.3, -0.25) is 9.89 Å². The van der Waals surface area contributed by atoms with Crippen LogP contribution in [0, 0.1) is 0 Å². The zero-order valence-corrected chi connectivity index (χ0v) is 22.6. The summed E-state index contributed by atoms with van der Waals surface area (Å²) in [6, 6.07) is 9.79. The maximum atomic E-state index is 5.98. The van der Waals surface area contributed by atoms with Crippen molar-refractivity contribution in [2.75, 3.05) is 47.0 Å². The van der Waals surface area contributed by atoms with Crippen molar-refractivity contribution in [2.45, 2.75) is 70.7 Å². The molecule has 0 aliphatic carbocycles. The van der Waals surface area contributed by atoms with Gasteiger partial charge in [-0.1, -0.05) is 30.7 Å². The summed E-state index contributed by atoms with van der Waals surface area (Å²) in [7, 11) is 3.61. The number of ether oxygens (including phenoxy) is 2. The average molecular weight is 559 g/mol. The molecule has 2 heterocycles. The summed E-state index contributed by atoms with van der Waals surface area (Å²) in [4.78, 5) is 9.47. The van der Waals surface area contributed by atoms with E-state index in [2.05, 4.69) is 51.3 Å². The smallest absolute Gasteiger partial charge is 0.193 e. The van der Waals surface area contributed by atoms with Crippen molar-refractivity contribution >= 4 is 29.9 Å². The first-order valence-corrected chi connectivity index (χ1v) is 12.1. The summed E-state index contributed by atoms with van der Waals surface area (Å²) in [5, 5.41) is 3.55. The third-order valence-electron chi connectivity index (χ3n) is 6.60. The van der Waals surface area contributed by atoms with Crippen molar-refractivity contribution < 1.29 is 9.47 Å². The first-order valence-electron chi connectivity index (χ1n) is 12.1. The minimum Gasteiger partial charge on any atom is -0.385 e. The van der Waals surface area contributed by atoms with Crippen LogP contribution in [0.2, 0.25) is 0 Å². The van der Waals surface area contributed by atoms with Crippen LogP contribution in [0.5, 0.6) is 0 Å². The Morgan fingerprint density at radius 1 is 1.03 bits per heavy atom. The van der Waals surface area contributed by atoms with Crippen LogP contribution in [-0.4, -0.2) is 74.9 Å². The second kappa shape index (κ2) is 15.1. The quantitative estimate of drug-likeness (QED) is 0.212. The first kappa shape index (κ1) is 27.3. The molecule has 1 aromatic carbocycles. The van der Waals surface area contributed by atoms with Gasteiger partial charge >= 0.3 is 0 Å². The van der Waals surface area contributed by atoms with Crippen LogP contribution in [0.15, 0.2) is 29.3 Å². The molecule has 2 aliphatic heterocycles. The molecule has 0 saturated carbocycles. The van der Waals surface area contributed by atoms with Gasteiger partial charge in [0, 0.05) is 59.6 Å². The van der Waals surface area contributed by atoms with Crippen LogP contribution in [0.4, 0.5) is 0 Å². The maximum Gasteiger partial charge on any atom is 0.193 e. The second-order valence-electron chi connectivity index (χ2n) is 8.94. The molecule has 182 valence electrons. The van der Waals surface area contributed by atoms with Crippen LogP contribution in [0.25, 0.3) is 0 Å². The van der Waals surface area contributed by atoms with E-state index in [1.807, 2.05) is 7.05 Å². The lowest BCUT2D eigenvalue weighted by Gasteiger charge is -2.34. The third kappa shape index (κ3) is 8.80. The SMILES string of the molecule is CN=C(NCc1ccc(CN2CCCCC2C)cc1)N1CCC(OCCCOC)CC1.I. The van der Waals surface area contributed by atoms with Gasteiger partial charge in [0.25, 0.3) is 0 Å². The lowest BCUT2D eigenvalue weighted by Crippen LogP contribution is -2.46. The standard InChI is InChI=1S/C25H42N4O2.HI/c1-21-7-4-5-14-29(21)20-23-10-8-22(9-11-23)19-27-25(26-2)28-15-12-24(13-16-28)31-18-6-17-30-3;/h8-11,21,24H,4-7,12-20H2,1-3H3,(H,26,27);1H. The van der Waals surface area contributed by atoms with Gasteiger partial charge in [-0.15, -0.1) is 24.0 Å². The van der Waals surface area contributed by atoms with Crippen LogP contribution in [-0.2, 0) is 22.6 Å². The number of nitrogens with zero attached hydrogens (tertiary/aromatic N) is 3. The average Bonchev–Trinajstić information content (AvgIpc) is 2.80. The van der Waals surface area contributed by atoms with Gasteiger partial charge in [-0.25, -0.2) is 0 Å². The number of likely N-dealkylation sites (tertiary alicyclic amines) is 2. The van der Waals surface area contributed by atoms with Gasteiger partial charge in [-0.2, -0.15) is 0 Å². The molecule has 1 atom stereocenters. The molecule has 0 bridgehead atoms. The van der Waals surface area contributed by atoms with E-state index in [0.717, 1.165) is 64.6 Å². The van der Waals surface area contributed by atoms with E-state index < -0.39 is 0 Å². The number of rotatable bonds is 9. The largest absolute Gasteiger partial charge is 0.385 e. The van der Waals surface area contributed by atoms with Gasteiger partial charge in [0.15, 0.2) is 5.96 Å². The van der Waals surface area contributed by atoms with Crippen molar-refractivity contribution in [1.82, 2.24) is 15.1 Å². The first-order chi connectivity index (χ1) is 15.2. The van der Waals surface area contributed by atoms with Crippen molar-refractivity contribution in [1.29, 1.82) is 0 Å². The molecule has 2 fully saturated rings. The summed E-state index contributed by atoms with van der Waals surface area (Å²) >= 11 is 0. The fraction of sp³-hybridized carbons (Fsp3) is 0.720. The maximum absolute atomic E-state index is 5.98. The number of aliphatic imine (C=N–C) groups is 1. The van der Waals surface area contributed by atoms with Crippen LogP contribution in [0.1, 0.15) is 56.6 Å². The summed E-state index contributed by atoms with van der Waals surface area (Å²) in [5.41, 5.74) is 2.71. The Bertz CT molecular complexity index is 662. The zero-order valence-electron chi connectivity index (χ0n) is 20.2.